The molecule has 4 aromatic carbocycles. The molecule has 0 saturated carbocycles. The van der Waals surface area contributed by atoms with Crippen molar-refractivity contribution in [3.05, 3.63) is 83.9 Å². The molecular formula is C29H25N9O13S4. The third-order valence-corrected chi connectivity index (χ3v) is 10.3. The number of aromatic nitrogens is 3. The average Bonchev–Trinajstić information content (AvgIpc) is 3.05. The molecule has 0 spiro atoms. The van der Waals surface area contributed by atoms with Crippen LogP contribution in [0.5, 0.6) is 6.01 Å². The van der Waals surface area contributed by atoms with E-state index in [0.29, 0.717) is 34.6 Å². The van der Waals surface area contributed by atoms with Crippen LogP contribution in [0.2, 0.25) is 0 Å². The number of hydrogen-bond donors (Lipinski definition) is 7. The highest BCUT2D eigenvalue weighted by atomic mass is 32.2. The molecular weight excluding hydrogens is 811 g/mol. The molecule has 0 saturated heterocycles. The largest absolute Gasteiger partial charge is 0.479 e. The van der Waals surface area contributed by atoms with Crippen LogP contribution in [0.3, 0.4) is 0 Å². The minimum Gasteiger partial charge on any atom is -0.479 e. The minimum atomic E-state index is -4.85. The maximum atomic E-state index is 11.6. The fourth-order valence-electron chi connectivity index (χ4n) is 4.47. The number of anilines is 4. The predicted molar refractivity (Wildman–Crippen MR) is 191 cm³/mol. The van der Waals surface area contributed by atoms with E-state index in [2.05, 4.69) is 46.0 Å². The smallest absolute Gasteiger partial charge is 0.320 e. The lowest BCUT2D eigenvalue weighted by Gasteiger charge is -2.10. The molecule has 0 aliphatic rings. The van der Waals surface area contributed by atoms with Gasteiger partial charge in [-0.15, -0.1) is 0 Å². The Morgan fingerprint density at radius 3 is 1.09 bits per heavy atom. The Hall–Kier alpha value is -5.87. The first kappa shape index (κ1) is 40.3. The first-order valence-corrected chi connectivity index (χ1v) is 20.4. The van der Waals surface area contributed by atoms with E-state index in [4.69, 9.17) is 0 Å². The molecule has 26 heteroatoms. The number of hydrogen-bond acceptors (Lipinski definition) is 18. The fraction of sp³-hybridized carbons (Fsp3) is 0.0690. The van der Waals surface area contributed by atoms with Crippen molar-refractivity contribution in [3.8, 4) is 6.01 Å². The molecule has 0 bridgehead atoms. The lowest BCUT2D eigenvalue weighted by molar-refractivity contribution is 0.430. The Labute approximate surface area is 311 Å². The van der Waals surface area contributed by atoms with Gasteiger partial charge in [-0.25, -0.2) is 0 Å². The van der Waals surface area contributed by atoms with Crippen molar-refractivity contribution >= 4 is 86.5 Å². The Bertz CT molecular complexity index is 2580. The van der Waals surface area contributed by atoms with E-state index in [9.17, 15) is 57.0 Å². The van der Waals surface area contributed by atoms with Crippen LogP contribution in [0.25, 0.3) is 0 Å². The lowest BCUT2D eigenvalue weighted by atomic mass is 10.2. The standard InChI is InChI=1S/C29H25N9O13S4/c1-15-7-17(3-5-25(15)37-35-19-9-21(52(40,41)42)13-22(10-19)53(43,44)45)30-27-32-28(34-29(39)33-27)31-18-4-6-26(16(2)8-18)38-36-20-11-23(54(46,47)48)14-24(12-20)55(49,50)51/h3-14H,1-2H3,(H,40,41,42)(H,43,44,45)(H,46,47,48)(H,49,50,51)(H3,30,31,32,33,34,39). The van der Waals surface area contributed by atoms with Crippen molar-refractivity contribution in [1.82, 2.24) is 15.0 Å². The summed E-state index contributed by atoms with van der Waals surface area (Å²) in [5.41, 5.74) is 1.72. The number of nitrogens with zero attached hydrogens (tertiary/aromatic N) is 7. The molecule has 1 aromatic heterocycles. The first-order valence-electron chi connectivity index (χ1n) is 14.7. The molecule has 7 N–H and O–H groups in total. The summed E-state index contributed by atoms with van der Waals surface area (Å²) < 4.78 is 130. The minimum absolute atomic E-state index is 0.0953. The van der Waals surface area contributed by atoms with Gasteiger partial charge in [0, 0.05) is 11.4 Å². The molecule has 0 aliphatic carbocycles. The number of aromatic hydroxyl groups is 1. The van der Waals surface area contributed by atoms with E-state index in [1.807, 2.05) is 0 Å². The van der Waals surface area contributed by atoms with Crippen LogP contribution >= 0.6 is 0 Å². The van der Waals surface area contributed by atoms with Crippen molar-refractivity contribution in [2.75, 3.05) is 10.6 Å². The third-order valence-electron chi connectivity index (χ3n) is 7.00. The van der Waals surface area contributed by atoms with Gasteiger partial charge in [0.15, 0.2) is 0 Å². The van der Waals surface area contributed by atoms with E-state index < -0.39 is 66.1 Å². The molecule has 22 nitrogen and oxygen atoms in total. The summed E-state index contributed by atoms with van der Waals surface area (Å²) in [6.07, 6.45) is 0. The van der Waals surface area contributed by atoms with E-state index >= 15 is 0 Å². The fourth-order valence-corrected chi connectivity index (χ4v) is 6.80. The third kappa shape index (κ3) is 10.6. The van der Waals surface area contributed by atoms with Crippen LogP contribution < -0.4 is 10.6 Å². The average molecular weight is 836 g/mol. The van der Waals surface area contributed by atoms with Crippen LogP contribution in [0.15, 0.2) is 113 Å². The molecule has 5 aromatic rings. The van der Waals surface area contributed by atoms with Gasteiger partial charge in [0.05, 0.1) is 42.3 Å². The van der Waals surface area contributed by atoms with E-state index in [1.165, 1.54) is 24.3 Å². The highest BCUT2D eigenvalue weighted by molar-refractivity contribution is 7.87. The van der Waals surface area contributed by atoms with E-state index in [-0.39, 0.29) is 34.6 Å². The van der Waals surface area contributed by atoms with Crippen molar-refractivity contribution in [3.63, 3.8) is 0 Å². The molecule has 5 rings (SSSR count). The highest BCUT2D eigenvalue weighted by Crippen LogP contribution is 2.31. The molecule has 55 heavy (non-hydrogen) atoms. The molecule has 0 radical (unpaired) electrons. The van der Waals surface area contributed by atoms with E-state index in [0.717, 1.165) is 24.3 Å². The Morgan fingerprint density at radius 2 is 0.800 bits per heavy atom. The van der Waals surface area contributed by atoms with Gasteiger partial charge in [-0.05, 0) is 97.8 Å². The molecule has 0 amide bonds. The second kappa shape index (κ2) is 15.1. The van der Waals surface area contributed by atoms with Crippen molar-refractivity contribution < 1.29 is 57.0 Å². The van der Waals surface area contributed by atoms with Crippen LogP contribution in [0.1, 0.15) is 11.1 Å². The van der Waals surface area contributed by atoms with Crippen LogP contribution in [0.4, 0.5) is 46.0 Å². The van der Waals surface area contributed by atoms with Crippen LogP contribution in [-0.2, 0) is 40.5 Å². The summed E-state index contributed by atoms with van der Waals surface area (Å²) in [6.45, 7) is 3.27. The normalized spacial score (nSPS) is 12.7. The van der Waals surface area contributed by atoms with Gasteiger partial charge in [0.1, 0.15) is 0 Å². The second-order valence-electron chi connectivity index (χ2n) is 11.2. The van der Waals surface area contributed by atoms with Gasteiger partial charge in [0.2, 0.25) is 11.9 Å². The molecule has 0 fully saturated rings. The van der Waals surface area contributed by atoms with Crippen molar-refractivity contribution in [1.29, 1.82) is 0 Å². The van der Waals surface area contributed by atoms with Gasteiger partial charge in [-0.2, -0.15) is 69.1 Å². The van der Waals surface area contributed by atoms with Gasteiger partial charge in [0.25, 0.3) is 40.5 Å². The van der Waals surface area contributed by atoms with Crippen LogP contribution in [0, 0.1) is 13.8 Å². The zero-order valence-corrected chi connectivity index (χ0v) is 31.0. The first-order chi connectivity index (χ1) is 25.4. The maximum Gasteiger partial charge on any atom is 0.320 e. The quantitative estimate of drug-likeness (QED) is 0.0602. The summed E-state index contributed by atoms with van der Waals surface area (Å²) in [5, 5.41) is 31.6. The zero-order valence-electron chi connectivity index (χ0n) is 27.7. The number of azo groups is 2. The Balaban J connectivity index is 1.32. The molecule has 0 aliphatic heterocycles. The maximum absolute atomic E-state index is 11.6. The van der Waals surface area contributed by atoms with Gasteiger partial charge >= 0.3 is 6.01 Å². The van der Waals surface area contributed by atoms with Crippen LogP contribution in [-0.4, -0.2) is 71.9 Å². The molecule has 0 atom stereocenters. The summed E-state index contributed by atoms with van der Waals surface area (Å²) in [4.78, 5) is 8.60. The molecule has 0 unspecified atom stereocenters. The number of benzene rings is 4. The lowest BCUT2D eigenvalue weighted by Crippen LogP contribution is -2.03. The van der Waals surface area contributed by atoms with Crippen molar-refractivity contribution in [2.45, 2.75) is 33.4 Å². The highest BCUT2D eigenvalue weighted by Gasteiger charge is 2.20. The van der Waals surface area contributed by atoms with Gasteiger partial charge in [-0.3, -0.25) is 18.2 Å². The SMILES string of the molecule is Cc1cc(Nc2nc(O)nc(Nc3ccc(N=Nc4cc(S(=O)(=O)O)cc(S(=O)(=O)O)c4)c(C)c3)n2)ccc1N=Nc1cc(S(=O)(=O)O)cc(S(=O)(=O)O)c1. The molecule has 1 heterocycles. The van der Waals surface area contributed by atoms with E-state index in [1.54, 1.807) is 26.0 Å². The summed E-state index contributed by atoms with van der Waals surface area (Å²) in [7, 11) is -19.4. The Morgan fingerprint density at radius 1 is 0.473 bits per heavy atom. The number of nitrogens with one attached hydrogen (secondary N) is 2. The zero-order chi connectivity index (χ0) is 40.5. The summed E-state index contributed by atoms with van der Waals surface area (Å²) in [5.74, 6) is -0.191. The number of aryl methyl sites for hydroxylation is 2. The monoisotopic (exact) mass is 835 g/mol. The predicted octanol–water partition coefficient (Wildman–Crippen LogP) is 5.50. The summed E-state index contributed by atoms with van der Waals surface area (Å²) in [6, 6.07) is 13.0. The second-order valence-corrected chi connectivity index (χ2v) is 16.8. The van der Waals surface area contributed by atoms with Gasteiger partial charge in [-0.1, -0.05) is 0 Å². The van der Waals surface area contributed by atoms with Gasteiger partial charge < -0.3 is 15.7 Å². The molecule has 288 valence electrons. The van der Waals surface area contributed by atoms with Crippen molar-refractivity contribution in [2.24, 2.45) is 20.5 Å². The topological polar surface area (TPSA) is 350 Å². The number of rotatable bonds is 12. The summed E-state index contributed by atoms with van der Waals surface area (Å²) >= 11 is 0. The Kier molecular flexibility index (Phi) is 11.1.